The molecule has 2 aromatic rings. The van der Waals surface area contributed by atoms with Crippen LogP contribution in [0, 0.1) is 0 Å². The van der Waals surface area contributed by atoms with E-state index in [1.807, 2.05) is 18.2 Å². The number of sulfone groups is 1. The van der Waals surface area contributed by atoms with E-state index in [0.29, 0.717) is 24.7 Å². The standard InChI is InChI=1S/C15H15ClN2O3S/c16-13-6-10-7-18(11-3-5-22(19,20)8-11)9-21-15(10)14-12(13)2-1-4-17-14/h1-2,4,6,11H,3,5,7-9H2/t11-/m0/s1. The molecular formula is C15H15ClN2O3S. The Kier molecular flexibility index (Phi) is 3.29. The Bertz CT molecular complexity index is 853. The van der Waals surface area contributed by atoms with Crippen LogP contribution < -0.4 is 4.74 Å². The number of ether oxygens (including phenoxy) is 1. The minimum Gasteiger partial charge on any atom is -0.475 e. The van der Waals surface area contributed by atoms with Gasteiger partial charge >= 0.3 is 0 Å². The van der Waals surface area contributed by atoms with Gasteiger partial charge in [-0.05, 0) is 24.6 Å². The molecule has 116 valence electrons. The first kappa shape index (κ1) is 14.2. The van der Waals surface area contributed by atoms with E-state index < -0.39 is 9.84 Å². The van der Waals surface area contributed by atoms with Crippen molar-refractivity contribution in [2.45, 2.75) is 19.0 Å². The fourth-order valence-electron chi connectivity index (χ4n) is 3.22. The quantitative estimate of drug-likeness (QED) is 0.798. The van der Waals surface area contributed by atoms with Gasteiger partial charge < -0.3 is 4.74 Å². The summed E-state index contributed by atoms with van der Waals surface area (Å²) in [6, 6.07) is 5.69. The summed E-state index contributed by atoms with van der Waals surface area (Å²) in [5.74, 6) is 1.24. The molecule has 1 fully saturated rings. The summed E-state index contributed by atoms with van der Waals surface area (Å²) in [5, 5.41) is 1.52. The van der Waals surface area contributed by atoms with E-state index in [-0.39, 0.29) is 17.5 Å². The second-order valence-corrected chi connectivity index (χ2v) is 8.46. The van der Waals surface area contributed by atoms with Crippen LogP contribution in [0.25, 0.3) is 10.9 Å². The maximum absolute atomic E-state index is 11.7. The van der Waals surface area contributed by atoms with Crippen LogP contribution in [0.5, 0.6) is 5.75 Å². The number of aromatic nitrogens is 1. The molecule has 1 aromatic carbocycles. The van der Waals surface area contributed by atoms with Crippen LogP contribution in [0.2, 0.25) is 5.02 Å². The van der Waals surface area contributed by atoms with Gasteiger partial charge in [-0.15, -0.1) is 0 Å². The van der Waals surface area contributed by atoms with E-state index in [2.05, 4.69) is 9.88 Å². The van der Waals surface area contributed by atoms with Crippen LogP contribution in [0.3, 0.4) is 0 Å². The second-order valence-electron chi connectivity index (χ2n) is 5.82. The summed E-state index contributed by atoms with van der Waals surface area (Å²) in [5.41, 5.74) is 1.73. The van der Waals surface area contributed by atoms with Crippen LogP contribution in [0.1, 0.15) is 12.0 Å². The lowest BCUT2D eigenvalue weighted by molar-refractivity contribution is 0.0658. The smallest absolute Gasteiger partial charge is 0.152 e. The molecule has 5 nitrogen and oxygen atoms in total. The Morgan fingerprint density at radius 2 is 2.27 bits per heavy atom. The summed E-state index contributed by atoms with van der Waals surface area (Å²) in [6.07, 6.45) is 2.39. The summed E-state index contributed by atoms with van der Waals surface area (Å²) in [6.45, 7) is 1.03. The molecule has 0 bridgehead atoms. The highest BCUT2D eigenvalue weighted by atomic mass is 35.5. The van der Waals surface area contributed by atoms with Crippen molar-refractivity contribution in [3.8, 4) is 5.75 Å². The van der Waals surface area contributed by atoms with Crippen molar-refractivity contribution in [3.63, 3.8) is 0 Å². The summed E-state index contributed by atoms with van der Waals surface area (Å²) >= 11 is 6.34. The SMILES string of the molecule is O=S1(=O)CC[C@H](N2COc3c(cc(Cl)c4cccnc34)C2)C1. The van der Waals surface area contributed by atoms with Gasteiger partial charge in [0.05, 0.1) is 16.5 Å². The first-order chi connectivity index (χ1) is 10.5. The molecule has 22 heavy (non-hydrogen) atoms. The van der Waals surface area contributed by atoms with Crippen molar-refractivity contribution in [1.29, 1.82) is 0 Å². The maximum atomic E-state index is 11.7. The number of fused-ring (bicyclic) bond motifs is 3. The molecule has 2 aliphatic rings. The molecule has 0 saturated carbocycles. The first-order valence-electron chi connectivity index (χ1n) is 7.17. The monoisotopic (exact) mass is 338 g/mol. The molecule has 0 amide bonds. The van der Waals surface area contributed by atoms with E-state index >= 15 is 0 Å². The van der Waals surface area contributed by atoms with Crippen molar-refractivity contribution >= 4 is 32.3 Å². The predicted octanol–water partition coefficient (Wildman–Crippen LogP) is 2.23. The van der Waals surface area contributed by atoms with E-state index in [9.17, 15) is 8.42 Å². The summed E-state index contributed by atoms with van der Waals surface area (Å²) < 4.78 is 29.2. The molecule has 0 unspecified atom stereocenters. The van der Waals surface area contributed by atoms with Crippen LogP contribution in [0.4, 0.5) is 0 Å². The Morgan fingerprint density at radius 3 is 3.05 bits per heavy atom. The van der Waals surface area contributed by atoms with E-state index in [4.69, 9.17) is 16.3 Å². The Morgan fingerprint density at radius 1 is 1.41 bits per heavy atom. The summed E-state index contributed by atoms with van der Waals surface area (Å²) in [7, 11) is -2.90. The fourth-order valence-corrected chi connectivity index (χ4v) is 5.26. The lowest BCUT2D eigenvalue weighted by Gasteiger charge is -2.33. The first-order valence-corrected chi connectivity index (χ1v) is 9.37. The van der Waals surface area contributed by atoms with Crippen LogP contribution in [0.15, 0.2) is 24.4 Å². The van der Waals surface area contributed by atoms with Gasteiger partial charge in [0, 0.05) is 29.7 Å². The van der Waals surface area contributed by atoms with E-state index in [0.717, 1.165) is 22.2 Å². The number of rotatable bonds is 1. The molecule has 1 atom stereocenters. The van der Waals surface area contributed by atoms with Gasteiger partial charge in [0.15, 0.2) is 15.6 Å². The predicted molar refractivity (Wildman–Crippen MR) is 84.8 cm³/mol. The third-order valence-electron chi connectivity index (χ3n) is 4.35. The minimum absolute atomic E-state index is 0.0244. The fraction of sp³-hybridized carbons (Fsp3) is 0.400. The average Bonchev–Trinajstić information content (AvgIpc) is 2.87. The zero-order valence-corrected chi connectivity index (χ0v) is 13.4. The number of hydrogen-bond acceptors (Lipinski definition) is 5. The van der Waals surface area contributed by atoms with Crippen molar-refractivity contribution in [3.05, 3.63) is 35.0 Å². The van der Waals surface area contributed by atoms with Gasteiger partial charge in [-0.2, -0.15) is 0 Å². The third-order valence-corrected chi connectivity index (χ3v) is 6.41. The molecule has 3 heterocycles. The number of hydrogen-bond donors (Lipinski definition) is 0. The number of nitrogens with zero attached hydrogens (tertiary/aromatic N) is 2. The Balaban J connectivity index is 1.70. The normalized spacial score (nSPS) is 24.1. The molecule has 7 heteroatoms. The molecule has 0 N–H and O–H groups in total. The molecule has 0 spiro atoms. The van der Waals surface area contributed by atoms with Crippen molar-refractivity contribution in [2.24, 2.45) is 0 Å². The Hall–Kier alpha value is -1.37. The average molecular weight is 339 g/mol. The zero-order chi connectivity index (χ0) is 15.3. The number of benzene rings is 1. The number of halogens is 1. The highest BCUT2D eigenvalue weighted by Crippen LogP contribution is 2.37. The van der Waals surface area contributed by atoms with Crippen molar-refractivity contribution in [2.75, 3.05) is 18.2 Å². The third kappa shape index (κ3) is 2.35. The molecule has 0 radical (unpaired) electrons. The van der Waals surface area contributed by atoms with Crippen LogP contribution in [-0.4, -0.2) is 42.6 Å². The largest absolute Gasteiger partial charge is 0.475 e. The van der Waals surface area contributed by atoms with E-state index in [1.165, 1.54) is 0 Å². The zero-order valence-electron chi connectivity index (χ0n) is 11.8. The van der Waals surface area contributed by atoms with Crippen molar-refractivity contribution < 1.29 is 13.2 Å². The molecule has 0 aliphatic carbocycles. The lowest BCUT2D eigenvalue weighted by Crippen LogP contribution is -2.41. The van der Waals surface area contributed by atoms with Crippen LogP contribution in [-0.2, 0) is 16.4 Å². The van der Waals surface area contributed by atoms with Gasteiger partial charge in [-0.1, -0.05) is 11.6 Å². The van der Waals surface area contributed by atoms with Gasteiger partial charge in [-0.25, -0.2) is 8.42 Å². The van der Waals surface area contributed by atoms with Crippen molar-refractivity contribution in [1.82, 2.24) is 9.88 Å². The highest BCUT2D eigenvalue weighted by Gasteiger charge is 2.34. The maximum Gasteiger partial charge on any atom is 0.152 e. The van der Waals surface area contributed by atoms with Gasteiger partial charge in [-0.3, -0.25) is 9.88 Å². The summed E-state index contributed by atoms with van der Waals surface area (Å²) in [4.78, 5) is 6.44. The molecule has 4 rings (SSSR count). The minimum atomic E-state index is -2.90. The lowest BCUT2D eigenvalue weighted by atomic mass is 10.1. The van der Waals surface area contributed by atoms with Gasteiger partial charge in [0.1, 0.15) is 12.2 Å². The molecule has 2 aliphatic heterocycles. The highest BCUT2D eigenvalue weighted by molar-refractivity contribution is 7.91. The van der Waals surface area contributed by atoms with Gasteiger partial charge in [0.2, 0.25) is 0 Å². The molecule has 1 aromatic heterocycles. The van der Waals surface area contributed by atoms with E-state index in [1.54, 1.807) is 6.20 Å². The Labute approximate surface area is 133 Å². The molecular weight excluding hydrogens is 324 g/mol. The topological polar surface area (TPSA) is 59.5 Å². The second kappa shape index (κ2) is 5.08. The molecule has 1 saturated heterocycles. The van der Waals surface area contributed by atoms with Gasteiger partial charge in [0.25, 0.3) is 0 Å². The number of pyridine rings is 1. The van der Waals surface area contributed by atoms with Crippen LogP contribution >= 0.6 is 11.6 Å².